The third kappa shape index (κ3) is 2.50. The van der Waals surface area contributed by atoms with Gasteiger partial charge >= 0.3 is 0 Å². The molecule has 1 amide bonds. The molecule has 3 heteroatoms. The number of nitrogens with zero attached hydrogens (tertiary/aromatic N) is 2. The summed E-state index contributed by atoms with van der Waals surface area (Å²) in [5.41, 5.74) is 4.97. The molecule has 118 valence electrons. The lowest BCUT2D eigenvalue weighted by Crippen LogP contribution is -2.45. The van der Waals surface area contributed by atoms with Crippen molar-refractivity contribution in [3.05, 3.63) is 59.7 Å². The molecular formula is C20H22N2O. The van der Waals surface area contributed by atoms with E-state index in [0.717, 1.165) is 31.5 Å². The number of para-hydroxylation sites is 2. The molecule has 2 aliphatic rings. The molecule has 0 saturated heterocycles. The van der Waals surface area contributed by atoms with Crippen LogP contribution < -0.4 is 9.80 Å². The minimum atomic E-state index is 0.207. The molecule has 0 aliphatic carbocycles. The number of anilines is 2. The smallest absolute Gasteiger partial charge is 0.246 e. The highest BCUT2D eigenvalue weighted by atomic mass is 16.2. The average Bonchev–Trinajstić information content (AvgIpc) is 3.01. The molecular weight excluding hydrogens is 284 g/mol. The third-order valence-corrected chi connectivity index (χ3v) is 5.16. The molecule has 0 bridgehead atoms. The van der Waals surface area contributed by atoms with Gasteiger partial charge < -0.3 is 9.80 Å². The molecule has 3 nitrogen and oxygen atoms in total. The molecule has 2 aromatic rings. The molecule has 0 N–H and O–H groups in total. The summed E-state index contributed by atoms with van der Waals surface area (Å²) in [6.45, 7) is 3.50. The van der Waals surface area contributed by atoms with Gasteiger partial charge in [0.15, 0.2) is 0 Å². The number of benzene rings is 2. The zero-order valence-electron chi connectivity index (χ0n) is 13.5. The molecule has 1 unspecified atom stereocenters. The predicted octanol–water partition coefficient (Wildman–Crippen LogP) is 3.42. The van der Waals surface area contributed by atoms with Gasteiger partial charge in [-0.15, -0.1) is 0 Å². The van der Waals surface area contributed by atoms with Crippen LogP contribution in [0.25, 0.3) is 0 Å². The van der Waals surface area contributed by atoms with Crippen molar-refractivity contribution >= 4 is 17.3 Å². The fourth-order valence-corrected chi connectivity index (χ4v) is 3.83. The summed E-state index contributed by atoms with van der Waals surface area (Å²) in [5, 5.41) is 0. The van der Waals surface area contributed by atoms with E-state index < -0.39 is 0 Å². The van der Waals surface area contributed by atoms with Crippen LogP contribution in [0.2, 0.25) is 0 Å². The number of rotatable bonds is 2. The molecule has 0 saturated carbocycles. The summed E-state index contributed by atoms with van der Waals surface area (Å²) >= 11 is 0. The molecule has 2 aromatic carbocycles. The summed E-state index contributed by atoms with van der Waals surface area (Å²) < 4.78 is 0. The van der Waals surface area contributed by atoms with E-state index in [1.165, 1.54) is 16.8 Å². The first kappa shape index (κ1) is 14.3. The zero-order chi connectivity index (χ0) is 15.8. The highest BCUT2D eigenvalue weighted by Gasteiger charge is 2.29. The number of carbonyl (C=O) groups is 1. The van der Waals surface area contributed by atoms with Crippen LogP contribution in [0, 0.1) is 0 Å². The molecule has 0 spiro atoms. The Bertz CT molecular complexity index is 740. The van der Waals surface area contributed by atoms with Crippen LogP contribution in [0.1, 0.15) is 24.5 Å². The van der Waals surface area contributed by atoms with E-state index in [-0.39, 0.29) is 5.91 Å². The van der Waals surface area contributed by atoms with Crippen molar-refractivity contribution < 1.29 is 4.79 Å². The molecule has 0 radical (unpaired) electrons. The second-order valence-electron chi connectivity index (χ2n) is 6.57. The van der Waals surface area contributed by atoms with Crippen LogP contribution in [0.3, 0.4) is 0 Å². The van der Waals surface area contributed by atoms with Crippen molar-refractivity contribution in [2.45, 2.75) is 32.2 Å². The Hall–Kier alpha value is -2.29. The lowest BCUT2D eigenvalue weighted by Gasteiger charge is -2.37. The minimum absolute atomic E-state index is 0.207. The Morgan fingerprint density at radius 1 is 1.00 bits per heavy atom. The van der Waals surface area contributed by atoms with Crippen molar-refractivity contribution in [1.82, 2.24) is 0 Å². The number of hydrogen-bond acceptors (Lipinski definition) is 2. The number of amides is 1. The Balaban J connectivity index is 1.58. The van der Waals surface area contributed by atoms with Gasteiger partial charge in [0.2, 0.25) is 5.91 Å². The average molecular weight is 306 g/mol. The predicted molar refractivity (Wildman–Crippen MR) is 94.1 cm³/mol. The lowest BCUT2D eigenvalue weighted by molar-refractivity contribution is -0.117. The van der Waals surface area contributed by atoms with Gasteiger partial charge in [-0.05, 0) is 49.4 Å². The maximum atomic E-state index is 12.9. The van der Waals surface area contributed by atoms with Gasteiger partial charge in [-0.3, -0.25) is 4.79 Å². The summed E-state index contributed by atoms with van der Waals surface area (Å²) in [6.07, 6.45) is 3.18. The number of aryl methyl sites for hydroxylation is 1. The minimum Gasteiger partial charge on any atom is -0.359 e. The van der Waals surface area contributed by atoms with E-state index in [9.17, 15) is 4.79 Å². The second kappa shape index (κ2) is 5.73. The van der Waals surface area contributed by atoms with Crippen LogP contribution in [0.4, 0.5) is 11.4 Å². The lowest BCUT2D eigenvalue weighted by atomic mass is 9.96. The summed E-state index contributed by atoms with van der Waals surface area (Å²) in [7, 11) is 0. The maximum Gasteiger partial charge on any atom is 0.246 e. The first-order chi connectivity index (χ1) is 11.2. The quantitative estimate of drug-likeness (QED) is 0.849. The number of fused-ring (bicyclic) bond motifs is 2. The Labute approximate surface area is 137 Å². The van der Waals surface area contributed by atoms with Crippen LogP contribution >= 0.6 is 0 Å². The van der Waals surface area contributed by atoms with Crippen molar-refractivity contribution in [1.29, 1.82) is 0 Å². The van der Waals surface area contributed by atoms with Crippen LogP contribution in [-0.2, 0) is 17.6 Å². The Kier molecular flexibility index (Phi) is 3.56. The van der Waals surface area contributed by atoms with Crippen molar-refractivity contribution in [3.63, 3.8) is 0 Å². The topological polar surface area (TPSA) is 23.6 Å². The fraction of sp³-hybridized carbons (Fsp3) is 0.350. The van der Waals surface area contributed by atoms with Gasteiger partial charge in [-0.1, -0.05) is 36.4 Å². The first-order valence-corrected chi connectivity index (χ1v) is 8.47. The fourth-order valence-electron chi connectivity index (χ4n) is 3.83. The van der Waals surface area contributed by atoms with Gasteiger partial charge in [0.1, 0.15) is 0 Å². The van der Waals surface area contributed by atoms with Crippen molar-refractivity contribution in [2.75, 3.05) is 22.9 Å². The molecule has 4 rings (SSSR count). The standard InChI is InChI=1S/C20H22N2O/c1-15-10-11-16-6-2-5-9-19(16)22(15)14-20(23)21-13-12-17-7-3-4-8-18(17)21/h2-9,15H,10-14H2,1H3. The van der Waals surface area contributed by atoms with Gasteiger partial charge in [0.25, 0.3) is 0 Å². The van der Waals surface area contributed by atoms with Crippen LogP contribution in [0.15, 0.2) is 48.5 Å². The zero-order valence-corrected chi connectivity index (χ0v) is 13.5. The molecule has 23 heavy (non-hydrogen) atoms. The highest BCUT2D eigenvalue weighted by Crippen LogP contribution is 2.32. The largest absolute Gasteiger partial charge is 0.359 e. The van der Waals surface area contributed by atoms with Gasteiger partial charge in [-0.2, -0.15) is 0 Å². The van der Waals surface area contributed by atoms with Gasteiger partial charge in [-0.25, -0.2) is 0 Å². The summed E-state index contributed by atoms with van der Waals surface area (Å²) in [4.78, 5) is 17.2. The molecule has 2 heterocycles. The van der Waals surface area contributed by atoms with E-state index in [1.54, 1.807) is 0 Å². The third-order valence-electron chi connectivity index (χ3n) is 5.16. The highest BCUT2D eigenvalue weighted by molar-refractivity contribution is 5.98. The van der Waals surface area contributed by atoms with E-state index in [0.29, 0.717) is 12.6 Å². The van der Waals surface area contributed by atoms with E-state index in [4.69, 9.17) is 0 Å². The van der Waals surface area contributed by atoms with E-state index in [2.05, 4.69) is 54.3 Å². The SMILES string of the molecule is CC1CCc2ccccc2N1CC(=O)N1CCc2ccccc21. The number of hydrogen-bond donors (Lipinski definition) is 0. The van der Waals surface area contributed by atoms with Gasteiger partial charge in [0.05, 0.1) is 6.54 Å². The van der Waals surface area contributed by atoms with Crippen molar-refractivity contribution in [3.8, 4) is 0 Å². The van der Waals surface area contributed by atoms with Crippen LogP contribution in [0.5, 0.6) is 0 Å². The second-order valence-corrected chi connectivity index (χ2v) is 6.57. The molecule has 1 atom stereocenters. The van der Waals surface area contributed by atoms with E-state index >= 15 is 0 Å². The van der Waals surface area contributed by atoms with Gasteiger partial charge in [0, 0.05) is 24.0 Å². The number of carbonyl (C=O) groups excluding carboxylic acids is 1. The molecule has 0 fully saturated rings. The summed E-state index contributed by atoms with van der Waals surface area (Å²) in [5.74, 6) is 0.207. The molecule has 2 aliphatic heterocycles. The summed E-state index contributed by atoms with van der Waals surface area (Å²) in [6, 6.07) is 17.2. The monoisotopic (exact) mass is 306 g/mol. The van der Waals surface area contributed by atoms with Crippen LogP contribution in [-0.4, -0.2) is 25.0 Å². The van der Waals surface area contributed by atoms with E-state index in [1.807, 2.05) is 11.0 Å². The van der Waals surface area contributed by atoms with Crippen molar-refractivity contribution in [2.24, 2.45) is 0 Å². The molecule has 0 aromatic heterocycles. The normalized spacial score (nSPS) is 19.4. The maximum absolute atomic E-state index is 12.9. The first-order valence-electron chi connectivity index (χ1n) is 8.47. The Morgan fingerprint density at radius 2 is 1.65 bits per heavy atom. The Morgan fingerprint density at radius 3 is 2.43 bits per heavy atom.